The van der Waals surface area contributed by atoms with Gasteiger partial charge in [-0.3, -0.25) is 0 Å². The second-order valence-corrected chi connectivity index (χ2v) is 10.0. The Hall–Kier alpha value is -1.18. The highest BCUT2D eigenvalue weighted by molar-refractivity contribution is 7.95. The van der Waals surface area contributed by atoms with Gasteiger partial charge in [0.15, 0.2) is 0 Å². The highest BCUT2D eigenvalue weighted by Gasteiger charge is 2.44. The van der Waals surface area contributed by atoms with E-state index < -0.39 is 7.26 Å². The van der Waals surface area contributed by atoms with Crippen LogP contribution in [0.2, 0.25) is 6.04 Å². The van der Waals surface area contributed by atoms with Gasteiger partial charge in [0.1, 0.15) is 23.2 Å². The molecule has 0 amide bonds. The second-order valence-electron chi connectivity index (χ2n) is 5.49. The molecular weight excluding hydrogens is 438 g/mol. The van der Waals surface area contributed by atoms with Crippen LogP contribution in [0.3, 0.4) is 0 Å². The molecule has 0 nitrogen and oxygen atoms in total. The topological polar surface area (TPSA) is 0 Å². The second kappa shape index (κ2) is 9.34. The molecule has 0 heterocycles. The van der Waals surface area contributed by atoms with Gasteiger partial charge in [0.25, 0.3) is 0 Å². The molecule has 0 bridgehead atoms. The largest absolute Gasteiger partial charge is 1.00 e. The van der Waals surface area contributed by atoms with Crippen molar-refractivity contribution in [1.82, 2.24) is 0 Å². The summed E-state index contributed by atoms with van der Waals surface area (Å²) in [6, 6.07) is 39.9. The minimum absolute atomic E-state index is 0. The lowest BCUT2D eigenvalue weighted by Gasteiger charge is -2.27. The lowest BCUT2D eigenvalue weighted by Crippen LogP contribution is -3.00. The zero-order valence-corrected chi connectivity index (χ0v) is 17.5. The predicted molar refractivity (Wildman–Crippen MR) is 106 cm³/mol. The smallest absolute Gasteiger partial charge is 0.112 e. The van der Waals surface area contributed by atoms with Crippen LogP contribution in [0.5, 0.6) is 0 Å². The third-order valence-electron chi connectivity index (χ3n) is 4.18. The van der Waals surface area contributed by atoms with E-state index in [1.165, 1.54) is 15.9 Å². The summed E-state index contributed by atoms with van der Waals surface area (Å²) >= 11 is 0. The molecule has 3 rings (SSSR count). The molecule has 3 aromatic rings. The van der Waals surface area contributed by atoms with Crippen molar-refractivity contribution in [2.75, 3.05) is 6.16 Å². The summed E-state index contributed by atoms with van der Waals surface area (Å²) in [7, 11) is -1.15. The Balaban J connectivity index is 0.00000208. The minimum atomic E-state index is -1.64. The quantitative estimate of drug-likeness (QED) is 0.300. The summed E-state index contributed by atoms with van der Waals surface area (Å²) in [5.41, 5.74) is 0. The van der Waals surface area contributed by atoms with Gasteiger partial charge in [-0.25, -0.2) is 0 Å². The Morgan fingerprint density at radius 2 is 0.958 bits per heavy atom. The summed E-state index contributed by atoms with van der Waals surface area (Å²) in [4.78, 5) is 0. The van der Waals surface area contributed by atoms with Gasteiger partial charge in [0.05, 0.1) is 6.16 Å². The van der Waals surface area contributed by atoms with E-state index in [0.717, 1.165) is 12.2 Å². The fraction of sp³-hybridized carbons (Fsp3) is 0.0952. The molecule has 120 valence electrons. The number of hydrogen-bond acceptors (Lipinski definition) is 0. The Morgan fingerprint density at radius 3 is 1.25 bits per heavy atom. The van der Waals surface area contributed by atoms with Crippen LogP contribution in [-0.4, -0.2) is 15.1 Å². The van der Waals surface area contributed by atoms with Crippen molar-refractivity contribution < 1.29 is 24.0 Å². The molecule has 0 aliphatic heterocycles. The number of rotatable bonds is 5. The van der Waals surface area contributed by atoms with E-state index >= 15 is 0 Å². The predicted octanol–water partition coefficient (Wildman–Crippen LogP) is 0.696. The molecule has 3 heteroatoms. The highest BCUT2D eigenvalue weighted by Crippen LogP contribution is 2.55. The molecule has 3 aromatic carbocycles. The van der Waals surface area contributed by atoms with Crippen LogP contribution in [0.15, 0.2) is 91.0 Å². The molecule has 0 spiro atoms. The van der Waals surface area contributed by atoms with Gasteiger partial charge in [-0.15, -0.1) is 0 Å². The molecule has 24 heavy (non-hydrogen) atoms. The van der Waals surface area contributed by atoms with Crippen molar-refractivity contribution in [3.8, 4) is 6.00 Å². The zero-order valence-electron chi connectivity index (χ0n) is 13.5. The Labute approximate surface area is 164 Å². The first-order valence-corrected chi connectivity index (χ1v) is 11.1. The molecule has 0 fully saturated rings. The van der Waals surface area contributed by atoms with Crippen molar-refractivity contribution in [1.29, 1.82) is 0 Å². The Kier molecular flexibility index (Phi) is 7.45. The van der Waals surface area contributed by atoms with Crippen LogP contribution in [0.1, 0.15) is 0 Å². The van der Waals surface area contributed by atoms with Crippen LogP contribution in [-0.2, 0) is 0 Å². The van der Waals surface area contributed by atoms with E-state index in [9.17, 15) is 0 Å². The fourth-order valence-electron chi connectivity index (χ4n) is 3.11. The van der Waals surface area contributed by atoms with Gasteiger partial charge in [0, 0.05) is 6.04 Å². The maximum absolute atomic E-state index is 5.92. The van der Waals surface area contributed by atoms with E-state index in [1.54, 1.807) is 0 Å². The van der Waals surface area contributed by atoms with E-state index in [0.29, 0.717) is 8.96 Å². The average Bonchev–Trinajstić information content (AvgIpc) is 2.65. The van der Waals surface area contributed by atoms with Crippen LogP contribution in [0.4, 0.5) is 0 Å². The summed E-state index contributed by atoms with van der Waals surface area (Å²) in [6.45, 7) is 0. The first-order valence-electron chi connectivity index (χ1n) is 7.86. The van der Waals surface area contributed by atoms with Crippen LogP contribution < -0.4 is 39.9 Å². The third kappa shape index (κ3) is 3.89. The van der Waals surface area contributed by atoms with Gasteiger partial charge < -0.3 is 24.0 Å². The van der Waals surface area contributed by atoms with Crippen molar-refractivity contribution in [2.45, 2.75) is 6.04 Å². The first-order chi connectivity index (χ1) is 11.4. The van der Waals surface area contributed by atoms with Crippen LogP contribution >= 0.6 is 7.26 Å². The van der Waals surface area contributed by atoms with Gasteiger partial charge in [-0.1, -0.05) is 54.6 Å². The molecule has 0 saturated heterocycles. The first kappa shape index (κ1) is 19.1. The van der Waals surface area contributed by atoms with Crippen LogP contribution in [0.25, 0.3) is 0 Å². The van der Waals surface area contributed by atoms with Gasteiger partial charge in [0.2, 0.25) is 0 Å². The third-order valence-corrected chi connectivity index (χ3v) is 9.58. The number of benzene rings is 3. The number of hydrogen-bond donors (Lipinski definition) is 0. The number of halogens is 1. The molecule has 0 aliphatic carbocycles. The lowest BCUT2D eigenvalue weighted by molar-refractivity contribution is -0.00000440. The molecule has 0 unspecified atom stereocenters. The Morgan fingerprint density at radius 1 is 0.625 bits per heavy atom. The lowest BCUT2D eigenvalue weighted by atomic mass is 10.4. The van der Waals surface area contributed by atoms with Gasteiger partial charge in [-0.2, -0.15) is 6.00 Å². The van der Waals surface area contributed by atoms with Crippen molar-refractivity contribution in [3.05, 3.63) is 91.0 Å². The monoisotopic (exact) mass is 458 g/mol. The Bertz CT molecular complexity index is 686. The SMILES string of the molecule is C#[Si]CC[P+](c1ccccc1)(c1ccccc1)c1ccccc1.[I-]. The maximum Gasteiger partial charge on any atom is 0.112 e. The van der Waals surface area contributed by atoms with Crippen LogP contribution in [0, 0.1) is 6.00 Å². The summed E-state index contributed by atoms with van der Waals surface area (Å²) < 4.78 is 0. The maximum atomic E-state index is 5.92. The fourth-order valence-corrected chi connectivity index (χ4v) is 8.68. The summed E-state index contributed by atoms with van der Waals surface area (Å²) in [6.07, 6.45) is 1.12. The highest BCUT2D eigenvalue weighted by atomic mass is 127. The minimum Gasteiger partial charge on any atom is -1.00 e. The van der Waals surface area contributed by atoms with E-state index in [-0.39, 0.29) is 24.0 Å². The molecule has 0 aliphatic rings. The molecule has 0 aromatic heterocycles. The molecular formula is C21H20IPSi. The molecule has 0 N–H and O–H groups in total. The van der Waals surface area contributed by atoms with E-state index in [2.05, 4.69) is 91.0 Å². The molecule has 0 atom stereocenters. The van der Waals surface area contributed by atoms with E-state index in [4.69, 9.17) is 6.00 Å². The van der Waals surface area contributed by atoms with Crippen molar-refractivity contribution >= 4 is 32.1 Å². The molecule has 0 radical (unpaired) electrons. The zero-order chi connectivity index (χ0) is 16.0. The summed E-state index contributed by atoms with van der Waals surface area (Å²) in [5.74, 6) is 0. The van der Waals surface area contributed by atoms with Crippen molar-refractivity contribution in [3.63, 3.8) is 0 Å². The standard InChI is InChI=1S/C21H20PSi.HI/c1-23-18-17-22(19-11-5-2-6-12-19,20-13-7-3-8-14-20)21-15-9-4-10-16-21;/h1-16H,17-18H2;1H/q+1;/p-1. The average molecular weight is 458 g/mol. The van der Waals surface area contributed by atoms with E-state index in [1.807, 2.05) is 0 Å². The van der Waals surface area contributed by atoms with Crippen molar-refractivity contribution in [2.24, 2.45) is 0 Å². The summed E-state index contributed by atoms with van der Waals surface area (Å²) in [5, 5.41) is 4.32. The van der Waals surface area contributed by atoms with Gasteiger partial charge in [-0.05, 0) is 45.4 Å². The normalized spacial score (nSPS) is 10.5. The molecule has 0 saturated carbocycles. The van der Waals surface area contributed by atoms with Gasteiger partial charge >= 0.3 is 0 Å².